The number of likely N-dealkylation sites (N-methyl/N-ethyl adjacent to an activating group) is 5. The van der Waals surface area contributed by atoms with E-state index in [0.29, 0.717) is 66.0 Å². The number of fused-ring (bicyclic) bond motifs is 1. The molecule has 32 heteroatoms. The zero-order valence-corrected chi connectivity index (χ0v) is 79.5. The summed E-state index contributed by atoms with van der Waals surface area (Å²) in [6, 6.07) is 64.3. The number of nitrogens with one attached hydrogen (secondary N) is 5. The van der Waals surface area contributed by atoms with Crippen LogP contribution < -0.4 is 70.0 Å². The molecule has 6 aliphatic rings. The predicted molar refractivity (Wildman–Crippen MR) is 532 cm³/mol. The summed E-state index contributed by atoms with van der Waals surface area (Å²) in [4.78, 5) is 107. The summed E-state index contributed by atoms with van der Waals surface area (Å²) in [5.74, 6) is 7.15. The lowest BCUT2D eigenvalue weighted by atomic mass is 10.0. The summed E-state index contributed by atoms with van der Waals surface area (Å²) in [6.07, 6.45) is 7.22. The topological polar surface area (TPSA) is 279 Å². The van der Waals surface area contributed by atoms with Crippen molar-refractivity contribution in [3.05, 3.63) is 298 Å². The fraction of sp³-hybridized carbons (Fsp3) is 0.371. The summed E-state index contributed by atoms with van der Waals surface area (Å²) in [6.45, 7) is 22.6. The maximum Gasteiger partial charge on any atom is 0.416 e. The molecule has 0 radical (unpaired) electrons. The highest BCUT2D eigenvalue weighted by atomic mass is 19.4. The molecule has 5 aromatic heterocycles. The van der Waals surface area contributed by atoms with Crippen molar-refractivity contribution in [2.75, 3.05) is 244 Å². The maximum absolute atomic E-state index is 12.7. The minimum Gasteiger partial charge on any atom is -0.497 e. The molecule has 5 fully saturated rings. The van der Waals surface area contributed by atoms with E-state index in [4.69, 9.17) is 18.9 Å². The highest BCUT2D eigenvalue weighted by Gasteiger charge is 2.31. The first kappa shape index (κ1) is 101. The molecule has 722 valence electrons. The highest BCUT2D eigenvalue weighted by molar-refractivity contribution is 5.96. The molecule has 17 rings (SSSR count). The molecule has 11 aromatic rings. The number of ether oxygens (including phenoxy) is 4. The number of nitrogens with zero attached hydrogens (tertiary/aromatic N) is 15. The van der Waals surface area contributed by atoms with Crippen LogP contribution in [0, 0.1) is 0 Å². The van der Waals surface area contributed by atoms with Gasteiger partial charge in [-0.05, 0) is 209 Å². The van der Waals surface area contributed by atoms with E-state index >= 15 is 0 Å². The number of halogens is 3. The van der Waals surface area contributed by atoms with Gasteiger partial charge in [-0.1, -0.05) is 103 Å². The lowest BCUT2D eigenvalue weighted by Crippen LogP contribution is -2.44. The number of amides is 5. The number of methoxy groups -OCH3 is 2. The second kappa shape index (κ2) is 51.2. The molecule has 0 saturated carbocycles. The number of carbonyl (C=O) groups is 5. The Morgan fingerprint density at radius 2 is 0.591 bits per heavy atom. The summed E-state index contributed by atoms with van der Waals surface area (Å²) >= 11 is 0. The van der Waals surface area contributed by atoms with E-state index < -0.39 is 11.7 Å². The van der Waals surface area contributed by atoms with Gasteiger partial charge < -0.3 is 94.5 Å². The van der Waals surface area contributed by atoms with Crippen LogP contribution in [0.25, 0.3) is 11.1 Å². The van der Waals surface area contributed by atoms with Gasteiger partial charge in [-0.3, -0.25) is 24.0 Å². The molecule has 29 nitrogen and oxygen atoms in total. The Hall–Kier alpha value is -13.8. The van der Waals surface area contributed by atoms with Crippen LogP contribution in [0.5, 0.6) is 23.0 Å². The number of rotatable bonds is 28. The van der Waals surface area contributed by atoms with Crippen molar-refractivity contribution in [2.24, 2.45) is 0 Å². The summed E-state index contributed by atoms with van der Waals surface area (Å²) in [5, 5.41) is 14.6. The van der Waals surface area contributed by atoms with Crippen LogP contribution in [0.3, 0.4) is 0 Å². The third kappa shape index (κ3) is 31.4. The number of alkyl halides is 3. The summed E-state index contributed by atoms with van der Waals surface area (Å²) in [7, 11) is 13.9. The van der Waals surface area contributed by atoms with Crippen LogP contribution in [-0.2, 0) is 38.3 Å². The molecule has 0 atom stereocenters. The van der Waals surface area contributed by atoms with E-state index in [1.165, 1.54) is 29.0 Å². The van der Waals surface area contributed by atoms with Crippen LogP contribution in [0.4, 0.5) is 42.3 Å². The third-order valence-corrected chi connectivity index (χ3v) is 24.7. The lowest BCUT2D eigenvalue weighted by Gasteiger charge is -2.33. The van der Waals surface area contributed by atoms with Crippen LogP contribution in [0.1, 0.15) is 85.2 Å². The zero-order valence-electron chi connectivity index (χ0n) is 79.5. The Morgan fingerprint density at radius 1 is 0.299 bits per heavy atom. The monoisotopic (exact) mass is 1870 g/mol. The van der Waals surface area contributed by atoms with E-state index in [2.05, 4.69) is 172 Å². The smallest absolute Gasteiger partial charge is 0.416 e. The average molecular weight is 1870 g/mol. The number of anilines is 5. The fourth-order valence-electron chi connectivity index (χ4n) is 15.9. The molecule has 11 heterocycles. The van der Waals surface area contributed by atoms with Crippen molar-refractivity contribution in [2.45, 2.75) is 38.3 Å². The number of pyridine rings is 5. The fourth-order valence-corrected chi connectivity index (χ4v) is 15.9. The van der Waals surface area contributed by atoms with Crippen LogP contribution in [-0.4, -0.2) is 299 Å². The first-order valence-electron chi connectivity index (χ1n) is 46.9. The second-order valence-corrected chi connectivity index (χ2v) is 34.7. The van der Waals surface area contributed by atoms with E-state index in [0.717, 1.165) is 237 Å². The number of aromatic nitrogens is 5. The van der Waals surface area contributed by atoms with Crippen LogP contribution >= 0.6 is 0 Å². The van der Waals surface area contributed by atoms with Gasteiger partial charge in [-0.25, -0.2) is 24.9 Å². The highest BCUT2D eigenvalue weighted by Crippen LogP contribution is 2.34. The average Bonchev–Trinajstić information content (AvgIpc) is 1.84. The molecular weight excluding hydrogens is 1740 g/mol. The van der Waals surface area contributed by atoms with Crippen molar-refractivity contribution in [1.29, 1.82) is 0 Å². The molecule has 6 aromatic carbocycles. The number of carbonyl (C=O) groups excluding carboxylic acids is 5. The number of piperazine rings is 5. The Kier molecular flexibility index (Phi) is 37.6. The second-order valence-electron chi connectivity index (χ2n) is 34.7. The number of hydrogen-bond acceptors (Lipinski definition) is 24. The molecule has 6 aliphatic heterocycles. The predicted octanol–water partition coefficient (Wildman–Crippen LogP) is 11.5. The van der Waals surface area contributed by atoms with Crippen molar-refractivity contribution >= 4 is 58.6 Å². The van der Waals surface area contributed by atoms with E-state index in [-0.39, 0.29) is 42.9 Å². The number of benzene rings is 6. The largest absolute Gasteiger partial charge is 0.497 e. The minimum absolute atomic E-state index is 0.0756. The van der Waals surface area contributed by atoms with Crippen molar-refractivity contribution in [3.8, 4) is 34.1 Å². The van der Waals surface area contributed by atoms with Crippen molar-refractivity contribution in [3.63, 3.8) is 0 Å². The van der Waals surface area contributed by atoms with Crippen molar-refractivity contribution in [1.82, 2.24) is 76.0 Å². The molecule has 5 saturated heterocycles. The first-order valence-corrected chi connectivity index (χ1v) is 46.9. The Balaban J connectivity index is 0.000000145. The SMILES string of the molecule is CN1CCN(c2ccc(C(=O)NCCc3ccc(-c4ccccc4)cc3)cn2)CC1.CN1CCN(c2ccc(C(=O)NCCc3ccc4c(c3)OCO4)cn2)CC1.CN1CCN(c2ccc(C(=O)NCCc3cccc(C(F)(F)F)c3)cn2)CC1.COc1ccc(CCNC(=O)c2ccc(N3CCN(C)CC3)nc2)cc1.COc1cccc(CCNC(=O)c2ccc(N3CCN(C)CC3)nc2)c1. The van der Waals surface area contributed by atoms with Gasteiger partial charge in [0.2, 0.25) is 6.79 Å². The Labute approximate surface area is 801 Å². The normalized spacial score (nSPS) is 15.2. The molecule has 0 aliphatic carbocycles. The Bertz CT molecular complexity index is 5590. The van der Waals surface area contributed by atoms with Crippen LogP contribution in [0.2, 0.25) is 0 Å². The lowest BCUT2D eigenvalue weighted by molar-refractivity contribution is -0.137. The van der Waals surface area contributed by atoms with Crippen molar-refractivity contribution < 1.29 is 56.1 Å². The van der Waals surface area contributed by atoms with Gasteiger partial charge >= 0.3 is 6.18 Å². The third-order valence-electron chi connectivity index (χ3n) is 24.7. The zero-order chi connectivity index (χ0) is 96.3. The van der Waals surface area contributed by atoms with Gasteiger partial charge in [-0.15, -0.1) is 0 Å². The van der Waals surface area contributed by atoms with E-state index in [1.807, 2.05) is 140 Å². The molecule has 0 spiro atoms. The van der Waals surface area contributed by atoms with Gasteiger partial charge in [0.15, 0.2) is 11.5 Å². The Morgan fingerprint density at radius 3 is 0.912 bits per heavy atom. The van der Waals surface area contributed by atoms with Gasteiger partial charge in [-0.2, -0.15) is 13.2 Å². The molecule has 5 amide bonds. The van der Waals surface area contributed by atoms with E-state index in [1.54, 1.807) is 51.1 Å². The molecule has 0 bridgehead atoms. The summed E-state index contributed by atoms with van der Waals surface area (Å²) < 4.78 is 59.3. The molecule has 5 N–H and O–H groups in total. The first-order chi connectivity index (χ1) is 66.5. The number of hydrogen-bond donors (Lipinski definition) is 5. The molecular formula is C105H127F3N20O9. The maximum atomic E-state index is 12.7. The van der Waals surface area contributed by atoms with E-state index in [9.17, 15) is 37.1 Å². The summed E-state index contributed by atoms with van der Waals surface area (Å²) in [5.41, 5.74) is 9.67. The van der Waals surface area contributed by atoms with Gasteiger partial charge in [0, 0.05) is 195 Å². The molecule has 0 unspecified atom stereocenters. The van der Waals surface area contributed by atoms with Crippen LogP contribution in [0.15, 0.2) is 237 Å². The standard InChI is InChI=1S/C25H28N4O.C20H23F3N4O.C20H24N4O3.2C20H26N4O2/c1-28-15-17-29(18-16-28)24-12-11-23(19-27-24)25(30)26-14-13-20-7-9-22(10-8-20)21-5-3-2-4-6-21;1-26-9-11-27(12-10-26)18-6-5-16(14-25-18)19(28)24-8-7-15-3-2-4-17(13-15)20(21,22)23;1-23-8-10-24(11-9-23)19-5-3-16(13-22-19)20(25)21-7-6-15-2-4-17-18(12-15)27-14-26-17;1-23-11-13-24(14-12-23)19-8-5-17(15-22-19)20(25)21-10-9-16-3-6-18(26-2)7-4-16;1-23-10-12-24(13-11-23)19-7-6-17(15-22-19)20(25)21-9-8-16-4-3-5-18(14-16)26-2/h2-12,19H,13-18H2,1H3,(H,26,30);2-6,13-14H,7-12H2,1H3,(H,24,28);2-5,12-13H,6-11,14H2,1H3,(H,21,25);3-8,15H,9-14H2,1-2H3,(H,21,25);3-7,14-15H,8-13H2,1-2H3,(H,21,25). The van der Waals surface area contributed by atoms with Gasteiger partial charge in [0.1, 0.15) is 40.6 Å². The quantitative estimate of drug-likeness (QED) is 0.0305. The minimum atomic E-state index is -4.36. The molecule has 137 heavy (non-hydrogen) atoms. The van der Waals surface area contributed by atoms with Gasteiger partial charge in [0.05, 0.1) is 47.6 Å². The van der Waals surface area contributed by atoms with Gasteiger partial charge in [0.25, 0.3) is 29.5 Å².